The summed E-state index contributed by atoms with van der Waals surface area (Å²) >= 11 is 2.23. The number of hydrogen-bond donors (Lipinski definition) is 2. The summed E-state index contributed by atoms with van der Waals surface area (Å²) in [5, 5.41) is 8.63. The van der Waals surface area contributed by atoms with Crippen LogP contribution >= 0.6 is 22.6 Å². The van der Waals surface area contributed by atoms with Crippen molar-refractivity contribution in [2.75, 3.05) is 5.75 Å². The lowest BCUT2D eigenvalue weighted by atomic mass is 9.93. The molecule has 0 amide bonds. The normalized spacial score (nSPS) is 17.7. The average molecular weight is 503 g/mol. The molecular formula is C20H26INO4S. The number of carboxylic acids is 1. The van der Waals surface area contributed by atoms with Gasteiger partial charge in [0.15, 0.2) is 0 Å². The molecule has 0 radical (unpaired) electrons. The molecule has 0 bridgehead atoms. The number of rotatable bonds is 10. The summed E-state index contributed by atoms with van der Waals surface area (Å²) in [5.74, 6) is -0.499. The van der Waals surface area contributed by atoms with Crippen molar-refractivity contribution in [3.63, 3.8) is 0 Å². The standard InChI is InChI=1S/C20H26INO4S/c21-18-11-9-16(10-12-18)13-14-27(25,26)22-19-7-4-6-17(15-19)5-2-1-3-8-20(23)24/h2,5,9-12,15,17,22H,1,3-4,6-8,13-14H2,(H,23,24). The molecule has 0 aliphatic heterocycles. The lowest BCUT2D eigenvalue weighted by molar-refractivity contribution is -0.137. The molecule has 1 aromatic carbocycles. The molecule has 0 spiro atoms. The molecule has 148 valence electrons. The number of hydrogen-bond acceptors (Lipinski definition) is 3. The third-order valence-corrected chi connectivity index (χ3v) is 6.44. The molecule has 2 rings (SSSR count). The molecule has 5 nitrogen and oxygen atoms in total. The Kier molecular flexibility index (Phi) is 8.82. The highest BCUT2D eigenvalue weighted by molar-refractivity contribution is 14.1. The van der Waals surface area contributed by atoms with E-state index in [1.807, 2.05) is 36.4 Å². The summed E-state index contributed by atoms with van der Waals surface area (Å²) in [4.78, 5) is 10.5. The van der Waals surface area contributed by atoms with Gasteiger partial charge in [-0.15, -0.1) is 0 Å². The molecule has 1 atom stereocenters. The monoisotopic (exact) mass is 503 g/mol. The van der Waals surface area contributed by atoms with Gasteiger partial charge in [0, 0.05) is 15.7 Å². The molecule has 0 fully saturated rings. The fraction of sp³-hybridized carbons (Fsp3) is 0.450. The summed E-state index contributed by atoms with van der Waals surface area (Å²) in [6, 6.07) is 7.88. The Morgan fingerprint density at radius 3 is 2.74 bits per heavy atom. The van der Waals surface area contributed by atoms with Crippen LogP contribution in [0.5, 0.6) is 0 Å². The number of aliphatic carboxylic acids is 1. The van der Waals surface area contributed by atoms with E-state index in [4.69, 9.17) is 5.11 Å². The maximum Gasteiger partial charge on any atom is 0.303 e. The van der Waals surface area contributed by atoms with Crippen LogP contribution in [0.3, 0.4) is 0 Å². The Morgan fingerprint density at radius 1 is 1.30 bits per heavy atom. The second-order valence-corrected chi connectivity index (χ2v) is 9.85. The van der Waals surface area contributed by atoms with E-state index in [-0.39, 0.29) is 18.1 Å². The first-order valence-corrected chi connectivity index (χ1v) is 11.9. The molecule has 1 aliphatic carbocycles. The van der Waals surface area contributed by atoms with E-state index < -0.39 is 16.0 Å². The van der Waals surface area contributed by atoms with Crippen LogP contribution in [-0.2, 0) is 21.2 Å². The molecule has 0 heterocycles. The predicted molar refractivity (Wildman–Crippen MR) is 116 cm³/mol. The highest BCUT2D eigenvalue weighted by atomic mass is 127. The SMILES string of the molecule is O=C(O)CCCC=CC1C=C(NS(=O)(=O)CCc2ccc(I)cc2)CCC1. The lowest BCUT2D eigenvalue weighted by Crippen LogP contribution is -2.28. The number of carbonyl (C=O) groups is 1. The maximum atomic E-state index is 12.4. The van der Waals surface area contributed by atoms with Gasteiger partial charge in [0.1, 0.15) is 0 Å². The van der Waals surface area contributed by atoms with E-state index in [0.717, 1.165) is 40.5 Å². The van der Waals surface area contributed by atoms with Gasteiger partial charge in [-0.25, -0.2) is 8.42 Å². The van der Waals surface area contributed by atoms with Crippen molar-refractivity contribution < 1.29 is 18.3 Å². The summed E-state index contributed by atoms with van der Waals surface area (Å²) in [6.45, 7) is 0. The van der Waals surface area contributed by atoms with Crippen LogP contribution in [0.15, 0.2) is 48.2 Å². The van der Waals surface area contributed by atoms with Crippen molar-refractivity contribution >= 4 is 38.6 Å². The van der Waals surface area contributed by atoms with Crippen molar-refractivity contribution in [2.45, 2.75) is 44.9 Å². The van der Waals surface area contributed by atoms with Gasteiger partial charge in [-0.1, -0.05) is 30.4 Å². The van der Waals surface area contributed by atoms with E-state index in [1.54, 1.807) is 0 Å². The van der Waals surface area contributed by atoms with Crippen LogP contribution in [-0.4, -0.2) is 25.2 Å². The van der Waals surface area contributed by atoms with Gasteiger partial charge in [0.25, 0.3) is 0 Å². The number of aryl methyl sites for hydroxylation is 1. The number of nitrogens with one attached hydrogen (secondary N) is 1. The molecule has 1 aliphatic rings. The van der Waals surface area contributed by atoms with Crippen LogP contribution in [0.4, 0.5) is 0 Å². The number of benzene rings is 1. The smallest absolute Gasteiger partial charge is 0.303 e. The second kappa shape index (κ2) is 10.8. The average Bonchev–Trinajstić information content (AvgIpc) is 2.61. The summed E-state index contributed by atoms with van der Waals surface area (Å²) in [7, 11) is -3.36. The fourth-order valence-corrected chi connectivity index (χ4v) is 4.52. The predicted octanol–water partition coefficient (Wildman–Crippen LogP) is 4.25. The topological polar surface area (TPSA) is 83.5 Å². The first-order valence-electron chi connectivity index (χ1n) is 9.18. The van der Waals surface area contributed by atoms with Crippen molar-refractivity contribution in [1.82, 2.24) is 4.72 Å². The number of unbranched alkanes of at least 4 members (excludes halogenated alkanes) is 1. The van der Waals surface area contributed by atoms with Crippen molar-refractivity contribution in [3.8, 4) is 0 Å². The third kappa shape index (κ3) is 8.92. The Balaban J connectivity index is 1.84. The highest BCUT2D eigenvalue weighted by Gasteiger charge is 2.17. The van der Waals surface area contributed by atoms with Gasteiger partial charge in [-0.05, 0) is 84.7 Å². The summed E-state index contributed by atoms with van der Waals surface area (Å²) < 4.78 is 28.6. The Morgan fingerprint density at radius 2 is 2.04 bits per heavy atom. The minimum Gasteiger partial charge on any atom is -0.481 e. The fourth-order valence-electron chi connectivity index (χ4n) is 2.99. The van der Waals surface area contributed by atoms with Gasteiger partial charge in [-0.2, -0.15) is 0 Å². The number of allylic oxidation sites excluding steroid dienone is 4. The maximum absolute atomic E-state index is 12.4. The van der Waals surface area contributed by atoms with Crippen LogP contribution in [0.1, 0.15) is 44.1 Å². The Hall–Kier alpha value is -1.35. The van der Waals surface area contributed by atoms with Gasteiger partial charge in [-0.3, -0.25) is 9.52 Å². The van der Waals surface area contributed by atoms with Crippen molar-refractivity contribution in [1.29, 1.82) is 0 Å². The molecule has 1 aromatic rings. The minimum atomic E-state index is -3.36. The van der Waals surface area contributed by atoms with Crippen LogP contribution in [0.2, 0.25) is 0 Å². The van der Waals surface area contributed by atoms with E-state index in [2.05, 4.69) is 33.4 Å². The minimum absolute atomic E-state index is 0.0701. The first kappa shape index (κ1) is 21.9. The quantitative estimate of drug-likeness (QED) is 0.284. The molecule has 0 aromatic heterocycles. The molecule has 27 heavy (non-hydrogen) atoms. The molecule has 7 heteroatoms. The van der Waals surface area contributed by atoms with Gasteiger partial charge in [0.05, 0.1) is 5.75 Å². The molecular weight excluding hydrogens is 477 g/mol. The Bertz CT molecular complexity index is 785. The lowest BCUT2D eigenvalue weighted by Gasteiger charge is -2.20. The largest absolute Gasteiger partial charge is 0.481 e. The van der Waals surface area contributed by atoms with E-state index in [1.165, 1.54) is 0 Å². The number of sulfonamides is 1. The van der Waals surface area contributed by atoms with Gasteiger partial charge in [0.2, 0.25) is 10.0 Å². The van der Waals surface area contributed by atoms with E-state index in [0.29, 0.717) is 12.8 Å². The molecule has 1 unspecified atom stereocenters. The van der Waals surface area contributed by atoms with E-state index in [9.17, 15) is 13.2 Å². The zero-order chi connectivity index (χ0) is 19.7. The summed E-state index contributed by atoms with van der Waals surface area (Å²) in [5.41, 5.74) is 1.78. The molecule has 0 saturated heterocycles. The zero-order valence-corrected chi connectivity index (χ0v) is 18.2. The first-order chi connectivity index (χ1) is 12.8. The van der Waals surface area contributed by atoms with Crippen LogP contribution in [0, 0.1) is 9.49 Å². The molecule has 0 saturated carbocycles. The van der Waals surface area contributed by atoms with E-state index >= 15 is 0 Å². The van der Waals surface area contributed by atoms with Gasteiger partial charge < -0.3 is 5.11 Å². The molecule has 2 N–H and O–H groups in total. The number of carboxylic acid groups (broad SMARTS) is 1. The highest BCUT2D eigenvalue weighted by Crippen LogP contribution is 2.23. The third-order valence-electron chi connectivity index (χ3n) is 4.40. The van der Waals surface area contributed by atoms with Crippen LogP contribution in [0.25, 0.3) is 0 Å². The second-order valence-electron chi connectivity index (χ2n) is 6.76. The van der Waals surface area contributed by atoms with Crippen molar-refractivity contribution in [2.24, 2.45) is 5.92 Å². The van der Waals surface area contributed by atoms with Crippen molar-refractivity contribution in [3.05, 3.63) is 57.3 Å². The Labute approximate surface area is 175 Å². The zero-order valence-electron chi connectivity index (χ0n) is 15.2. The number of halogens is 1. The van der Waals surface area contributed by atoms with Crippen LogP contribution < -0.4 is 4.72 Å². The van der Waals surface area contributed by atoms with Gasteiger partial charge >= 0.3 is 5.97 Å². The summed E-state index contributed by atoms with van der Waals surface area (Å²) in [6.07, 6.45) is 10.7.